The summed E-state index contributed by atoms with van der Waals surface area (Å²) in [5.41, 5.74) is 10.7. The van der Waals surface area contributed by atoms with Gasteiger partial charge in [0.25, 0.3) is 5.91 Å². The fourth-order valence-corrected chi connectivity index (χ4v) is 3.39. The van der Waals surface area contributed by atoms with Crippen LogP contribution in [0, 0.1) is 0 Å². The monoisotopic (exact) mass is 397 g/mol. The van der Waals surface area contributed by atoms with Crippen LogP contribution in [0.15, 0.2) is 54.6 Å². The first-order valence-electron chi connectivity index (χ1n) is 9.65. The smallest absolute Gasteiger partial charge is 0.318 e. The molecule has 2 aromatic rings. The second-order valence-electron chi connectivity index (χ2n) is 7.15. The summed E-state index contributed by atoms with van der Waals surface area (Å²) in [6.07, 6.45) is 0. The summed E-state index contributed by atoms with van der Waals surface area (Å²) in [6.45, 7) is 4.02. The molecule has 1 aliphatic rings. The Bertz CT molecular complexity index is 818. The van der Waals surface area contributed by atoms with Crippen LogP contribution in [0.5, 0.6) is 0 Å². The minimum absolute atomic E-state index is 0.366. The van der Waals surface area contributed by atoms with Gasteiger partial charge in [0, 0.05) is 37.9 Å². The summed E-state index contributed by atoms with van der Waals surface area (Å²) in [4.78, 5) is 28.0. The Hall–Kier alpha value is -3.10. The van der Waals surface area contributed by atoms with E-state index in [1.165, 1.54) is 11.0 Å². The van der Waals surface area contributed by atoms with Crippen molar-refractivity contribution < 1.29 is 14.8 Å². The lowest BCUT2D eigenvalue weighted by molar-refractivity contribution is -0.131. The zero-order chi connectivity index (χ0) is 20.8. The molecule has 0 bridgehead atoms. The molecule has 3 rings (SSSR count). The lowest BCUT2D eigenvalue weighted by Gasteiger charge is -2.37. The van der Waals surface area contributed by atoms with Crippen LogP contribution in [0.2, 0.25) is 0 Å². The molecule has 8 nitrogen and oxygen atoms in total. The van der Waals surface area contributed by atoms with Crippen molar-refractivity contribution in [2.24, 2.45) is 5.73 Å². The van der Waals surface area contributed by atoms with Gasteiger partial charge in [0.05, 0.1) is 0 Å². The number of piperazine rings is 1. The summed E-state index contributed by atoms with van der Waals surface area (Å²) >= 11 is 0. The molecule has 2 atom stereocenters. The third-order valence-electron chi connectivity index (χ3n) is 5.10. The highest BCUT2D eigenvalue weighted by Gasteiger charge is 2.28. The van der Waals surface area contributed by atoms with Crippen molar-refractivity contribution in [3.8, 4) is 11.1 Å². The first kappa shape index (κ1) is 20.6. The summed E-state index contributed by atoms with van der Waals surface area (Å²) in [5, 5.41) is 11.4. The molecule has 0 saturated carbocycles. The van der Waals surface area contributed by atoms with Crippen molar-refractivity contribution in [2.45, 2.75) is 19.0 Å². The van der Waals surface area contributed by atoms with E-state index in [4.69, 9.17) is 10.9 Å². The number of benzene rings is 2. The number of carbonyl (C=O) groups excluding carboxylic acids is 2. The van der Waals surface area contributed by atoms with Crippen molar-refractivity contribution >= 4 is 17.6 Å². The topological polar surface area (TPSA) is 111 Å². The van der Waals surface area contributed by atoms with Crippen LogP contribution in [-0.4, -0.2) is 60.3 Å². The Morgan fingerprint density at radius 1 is 0.966 bits per heavy atom. The maximum Gasteiger partial charge on any atom is 0.318 e. The molecule has 8 heteroatoms. The second-order valence-corrected chi connectivity index (χ2v) is 7.15. The third-order valence-corrected chi connectivity index (χ3v) is 5.10. The lowest BCUT2D eigenvalue weighted by Crippen LogP contribution is -2.59. The Morgan fingerprint density at radius 3 is 2.10 bits per heavy atom. The van der Waals surface area contributed by atoms with E-state index in [2.05, 4.69) is 46.6 Å². The quantitative estimate of drug-likeness (QED) is 0.450. The number of amides is 3. The van der Waals surface area contributed by atoms with Gasteiger partial charge in [0.1, 0.15) is 6.04 Å². The molecule has 0 aliphatic carbocycles. The van der Waals surface area contributed by atoms with Gasteiger partial charge in [-0.15, -0.1) is 0 Å². The number of nitrogens with zero attached hydrogens (tertiary/aromatic N) is 2. The average Bonchev–Trinajstić information content (AvgIpc) is 2.77. The highest BCUT2D eigenvalue weighted by molar-refractivity contribution is 5.87. The van der Waals surface area contributed by atoms with E-state index in [1.807, 2.05) is 18.2 Å². The van der Waals surface area contributed by atoms with Gasteiger partial charge < -0.3 is 20.9 Å². The first-order chi connectivity index (χ1) is 14.0. The molecular formula is C21H27N5O3. The molecule has 154 valence electrons. The van der Waals surface area contributed by atoms with E-state index in [9.17, 15) is 9.59 Å². The molecule has 0 radical (unpaired) electrons. The Morgan fingerprint density at radius 2 is 1.55 bits per heavy atom. The number of carbonyl (C=O) groups is 2. The van der Waals surface area contributed by atoms with Crippen LogP contribution >= 0.6 is 0 Å². The number of anilines is 1. The highest BCUT2D eigenvalue weighted by Crippen LogP contribution is 2.23. The third kappa shape index (κ3) is 5.04. The summed E-state index contributed by atoms with van der Waals surface area (Å²) in [6, 6.07) is 16.6. The fraction of sp³-hybridized carbons (Fsp3) is 0.333. The van der Waals surface area contributed by atoms with E-state index >= 15 is 0 Å². The van der Waals surface area contributed by atoms with Crippen molar-refractivity contribution in [2.75, 3.05) is 31.1 Å². The highest BCUT2D eigenvalue weighted by atomic mass is 16.5. The SMILES string of the molecule is C[C@H](N)[C@@H](NC(=O)N1CCN(c2ccc(-c3ccccc3)cc2)CC1)C(=O)NO. The fourth-order valence-electron chi connectivity index (χ4n) is 3.39. The molecule has 1 fully saturated rings. The molecule has 3 amide bonds. The van der Waals surface area contributed by atoms with Crippen molar-refractivity contribution in [1.29, 1.82) is 0 Å². The van der Waals surface area contributed by atoms with Gasteiger partial charge >= 0.3 is 6.03 Å². The van der Waals surface area contributed by atoms with E-state index in [0.717, 1.165) is 11.3 Å². The van der Waals surface area contributed by atoms with Gasteiger partial charge in [-0.25, -0.2) is 10.3 Å². The molecule has 2 aromatic carbocycles. The van der Waals surface area contributed by atoms with E-state index in [1.54, 1.807) is 11.8 Å². The van der Waals surface area contributed by atoms with Crippen molar-refractivity contribution in [1.82, 2.24) is 15.7 Å². The minimum Gasteiger partial charge on any atom is -0.368 e. The zero-order valence-corrected chi connectivity index (χ0v) is 16.4. The lowest BCUT2D eigenvalue weighted by atomic mass is 10.1. The number of rotatable bonds is 5. The predicted molar refractivity (Wildman–Crippen MR) is 112 cm³/mol. The standard InChI is InChI=1S/C21H27N5O3/c1-15(22)19(20(27)24-29)23-21(28)26-13-11-25(12-14-26)18-9-7-17(8-10-18)16-5-3-2-4-6-16/h2-10,15,19,29H,11-14,22H2,1H3,(H,23,28)(H,24,27)/t15-,19+/m0/s1. The molecular weight excluding hydrogens is 370 g/mol. The number of nitrogens with one attached hydrogen (secondary N) is 2. The maximum absolute atomic E-state index is 12.5. The summed E-state index contributed by atoms with van der Waals surface area (Å²) in [5.74, 6) is -0.731. The van der Waals surface area contributed by atoms with Crippen LogP contribution in [0.25, 0.3) is 11.1 Å². The maximum atomic E-state index is 12.5. The average molecular weight is 397 g/mol. The number of hydroxylamine groups is 1. The van der Waals surface area contributed by atoms with Crippen LogP contribution in [-0.2, 0) is 4.79 Å². The van der Waals surface area contributed by atoms with E-state index < -0.39 is 18.0 Å². The molecule has 1 heterocycles. The summed E-state index contributed by atoms with van der Waals surface area (Å²) in [7, 11) is 0. The van der Waals surface area contributed by atoms with Crippen LogP contribution < -0.4 is 21.4 Å². The van der Waals surface area contributed by atoms with Gasteiger partial charge in [-0.1, -0.05) is 42.5 Å². The van der Waals surface area contributed by atoms with Crippen LogP contribution in [0.4, 0.5) is 10.5 Å². The van der Waals surface area contributed by atoms with E-state index in [0.29, 0.717) is 26.2 Å². The molecule has 29 heavy (non-hydrogen) atoms. The van der Waals surface area contributed by atoms with Gasteiger partial charge in [0.2, 0.25) is 0 Å². The largest absolute Gasteiger partial charge is 0.368 e. The van der Waals surface area contributed by atoms with Crippen molar-refractivity contribution in [3.63, 3.8) is 0 Å². The number of hydrogen-bond donors (Lipinski definition) is 4. The molecule has 0 spiro atoms. The molecule has 5 N–H and O–H groups in total. The van der Waals surface area contributed by atoms with Gasteiger partial charge in [0.15, 0.2) is 0 Å². The van der Waals surface area contributed by atoms with Crippen LogP contribution in [0.1, 0.15) is 6.92 Å². The predicted octanol–water partition coefficient (Wildman–Crippen LogP) is 1.41. The van der Waals surface area contributed by atoms with Crippen molar-refractivity contribution in [3.05, 3.63) is 54.6 Å². The van der Waals surface area contributed by atoms with Gasteiger partial charge in [-0.2, -0.15) is 0 Å². The van der Waals surface area contributed by atoms with Crippen LogP contribution in [0.3, 0.4) is 0 Å². The molecule has 1 saturated heterocycles. The van der Waals surface area contributed by atoms with Gasteiger partial charge in [-0.3, -0.25) is 10.0 Å². The molecule has 1 aliphatic heterocycles. The normalized spacial score (nSPS) is 16.1. The minimum atomic E-state index is -0.990. The molecule has 0 aromatic heterocycles. The number of hydrogen-bond acceptors (Lipinski definition) is 5. The molecule has 0 unspecified atom stereocenters. The van der Waals surface area contributed by atoms with E-state index in [-0.39, 0.29) is 6.03 Å². The summed E-state index contributed by atoms with van der Waals surface area (Å²) < 4.78 is 0. The Balaban J connectivity index is 1.56. The zero-order valence-electron chi connectivity index (χ0n) is 16.4. The first-order valence-corrected chi connectivity index (χ1v) is 9.65. The Labute approximate surface area is 170 Å². The van der Waals surface area contributed by atoms with Gasteiger partial charge in [-0.05, 0) is 30.2 Å². The second kappa shape index (κ2) is 9.40. The number of nitrogens with two attached hydrogens (primary N) is 1. The Kier molecular flexibility index (Phi) is 6.69. The number of urea groups is 1.